The molecule has 1 aliphatic rings. The van der Waals surface area contributed by atoms with Crippen LogP contribution in [0.3, 0.4) is 0 Å². The number of hydrogen-bond acceptors (Lipinski definition) is 0. The molecule has 0 spiro atoms. The molecule has 0 aromatic carbocycles. The molecule has 0 saturated heterocycles. The summed E-state index contributed by atoms with van der Waals surface area (Å²) in [5.74, 6) is 0.797. The molecule has 1 atom stereocenters. The van der Waals surface area contributed by atoms with Crippen LogP contribution < -0.4 is 0 Å². The van der Waals surface area contributed by atoms with E-state index in [4.69, 9.17) is 0 Å². The minimum atomic E-state index is 0.261. The average molecular weight is 151 g/mol. The van der Waals surface area contributed by atoms with Crippen LogP contribution in [0.25, 0.3) is 0 Å². The molecule has 1 rings (SSSR count). The molecule has 0 amide bonds. The topological polar surface area (TPSA) is 0 Å². The highest BCUT2D eigenvalue weighted by atomic mass is 14.3. The highest BCUT2D eigenvalue weighted by molar-refractivity contribution is 5.05. The molecule has 0 heteroatoms. The van der Waals surface area contributed by atoms with Gasteiger partial charge in [-0.2, -0.15) is 5.41 Å². The normalized spacial score (nSPS) is 26.5. The van der Waals surface area contributed by atoms with Crippen LogP contribution in [-0.2, 0) is 0 Å². The molecule has 0 heterocycles. The van der Waals surface area contributed by atoms with E-state index in [0.29, 0.717) is 0 Å². The monoisotopic (exact) mass is 151 g/mol. The molecule has 0 aliphatic heterocycles. The van der Waals surface area contributed by atoms with Crippen molar-refractivity contribution in [3.05, 3.63) is 18.6 Å². The Morgan fingerprint density at radius 2 is 2.18 bits per heavy atom. The van der Waals surface area contributed by atoms with Crippen LogP contribution in [0.15, 0.2) is 11.6 Å². The SMILES string of the molecule is [CH2-]C(C)(C)C1CC=C(C)CC1. The third kappa shape index (κ3) is 2.36. The van der Waals surface area contributed by atoms with Crippen molar-refractivity contribution in [1.29, 1.82) is 0 Å². The van der Waals surface area contributed by atoms with Crippen LogP contribution in [0.4, 0.5) is 0 Å². The first-order valence-electron chi connectivity index (χ1n) is 4.51. The Hall–Kier alpha value is -0.260. The van der Waals surface area contributed by atoms with Gasteiger partial charge in [0.2, 0.25) is 0 Å². The van der Waals surface area contributed by atoms with Gasteiger partial charge in [0.25, 0.3) is 0 Å². The fraction of sp³-hybridized carbons (Fsp3) is 0.727. The lowest BCUT2D eigenvalue weighted by molar-refractivity contribution is 0.256. The minimum Gasteiger partial charge on any atom is -0.337 e. The summed E-state index contributed by atoms with van der Waals surface area (Å²) in [4.78, 5) is 0. The van der Waals surface area contributed by atoms with Crippen LogP contribution in [0, 0.1) is 18.3 Å². The lowest BCUT2D eigenvalue weighted by Crippen LogP contribution is -2.22. The Labute approximate surface area is 70.7 Å². The first kappa shape index (κ1) is 8.83. The van der Waals surface area contributed by atoms with Gasteiger partial charge in [-0.05, 0) is 26.2 Å². The van der Waals surface area contributed by atoms with E-state index in [1.807, 2.05) is 0 Å². The van der Waals surface area contributed by atoms with Gasteiger partial charge in [-0.3, -0.25) is 0 Å². The van der Waals surface area contributed by atoms with Crippen LogP contribution in [-0.4, -0.2) is 0 Å². The molecule has 0 fully saturated rings. The van der Waals surface area contributed by atoms with E-state index >= 15 is 0 Å². The quantitative estimate of drug-likeness (QED) is 0.397. The van der Waals surface area contributed by atoms with Crippen molar-refractivity contribution in [3.8, 4) is 0 Å². The maximum absolute atomic E-state index is 4.19. The van der Waals surface area contributed by atoms with Gasteiger partial charge in [0.05, 0.1) is 0 Å². The summed E-state index contributed by atoms with van der Waals surface area (Å²) in [6.45, 7) is 10.9. The van der Waals surface area contributed by atoms with Gasteiger partial charge >= 0.3 is 0 Å². The number of allylic oxidation sites excluding steroid dienone is 2. The van der Waals surface area contributed by atoms with E-state index in [1.54, 1.807) is 5.57 Å². The molecule has 0 saturated carbocycles. The van der Waals surface area contributed by atoms with Crippen LogP contribution in [0.2, 0.25) is 0 Å². The maximum Gasteiger partial charge on any atom is -0.0321 e. The highest BCUT2D eigenvalue weighted by Crippen LogP contribution is 2.36. The van der Waals surface area contributed by atoms with Crippen molar-refractivity contribution in [2.45, 2.75) is 40.0 Å². The van der Waals surface area contributed by atoms with Gasteiger partial charge in [-0.15, -0.1) is 0 Å². The smallest absolute Gasteiger partial charge is 0.0321 e. The molecule has 64 valence electrons. The van der Waals surface area contributed by atoms with E-state index in [1.165, 1.54) is 19.3 Å². The van der Waals surface area contributed by atoms with Crippen molar-refractivity contribution < 1.29 is 0 Å². The maximum atomic E-state index is 4.19. The van der Waals surface area contributed by atoms with Gasteiger partial charge in [0.1, 0.15) is 0 Å². The third-order valence-corrected chi connectivity index (χ3v) is 2.74. The molecule has 0 radical (unpaired) electrons. The largest absolute Gasteiger partial charge is 0.337 e. The fourth-order valence-electron chi connectivity index (χ4n) is 1.68. The Bertz CT molecular complexity index is 157. The summed E-state index contributed by atoms with van der Waals surface area (Å²) in [5, 5.41) is 0. The Kier molecular flexibility index (Phi) is 2.41. The number of hydrogen-bond donors (Lipinski definition) is 0. The summed E-state index contributed by atoms with van der Waals surface area (Å²) < 4.78 is 0. The Morgan fingerprint density at radius 1 is 1.55 bits per heavy atom. The molecule has 0 aromatic rings. The van der Waals surface area contributed by atoms with Crippen molar-refractivity contribution >= 4 is 0 Å². The van der Waals surface area contributed by atoms with Gasteiger partial charge in [-0.25, -0.2) is 0 Å². The van der Waals surface area contributed by atoms with Crippen LogP contribution in [0.5, 0.6) is 0 Å². The molecule has 1 aliphatic carbocycles. The summed E-state index contributed by atoms with van der Waals surface area (Å²) in [6.07, 6.45) is 6.23. The molecule has 0 N–H and O–H groups in total. The second-order valence-corrected chi connectivity index (χ2v) is 4.51. The summed E-state index contributed by atoms with van der Waals surface area (Å²) in [7, 11) is 0. The van der Waals surface area contributed by atoms with E-state index < -0.39 is 0 Å². The van der Waals surface area contributed by atoms with Crippen molar-refractivity contribution in [3.63, 3.8) is 0 Å². The van der Waals surface area contributed by atoms with Crippen LogP contribution in [0.1, 0.15) is 40.0 Å². The summed E-state index contributed by atoms with van der Waals surface area (Å²) >= 11 is 0. The zero-order valence-corrected chi connectivity index (χ0v) is 7.98. The molecule has 0 nitrogen and oxygen atoms in total. The van der Waals surface area contributed by atoms with Crippen molar-refractivity contribution in [2.75, 3.05) is 0 Å². The Morgan fingerprint density at radius 3 is 2.55 bits per heavy atom. The van der Waals surface area contributed by atoms with Crippen LogP contribution >= 0.6 is 0 Å². The minimum absolute atomic E-state index is 0.261. The fourth-order valence-corrected chi connectivity index (χ4v) is 1.68. The van der Waals surface area contributed by atoms with Gasteiger partial charge in [0.15, 0.2) is 0 Å². The van der Waals surface area contributed by atoms with Gasteiger partial charge in [0, 0.05) is 0 Å². The van der Waals surface area contributed by atoms with E-state index in [2.05, 4.69) is 33.8 Å². The Balaban J connectivity index is 2.54. The molecule has 11 heavy (non-hydrogen) atoms. The van der Waals surface area contributed by atoms with Gasteiger partial charge in [-0.1, -0.05) is 31.4 Å². The predicted molar refractivity (Wildman–Crippen MR) is 50.2 cm³/mol. The molecular weight excluding hydrogens is 132 g/mol. The van der Waals surface area contributed by atoms with E-state index in [0.717, 1.165) is 5.92 Å². The lowest BCUT2D eigenvalue weighted by atomic mass is 9.73. The second-order valence-electron chi connectivity index (χ2n) is 4.51. The third-order valence-electron chi connectivity index (χ3n) is 2.74. The zero-order chi connectivity index (χ0) is 8.48. The molecule has 0 bridgehead atoms. The predicted octanol–water partition coefficient (Wildman–Crippen LogP) is 3.59. The molecule has 0 aromatic heterocycles. The molecule has 1 unspecified atom stereocenters. The second kappa shape index (κ2) is 3.00. The average Bonchev–Trinajstić information content (AvgIpc) is 1.86. The zero-order valence-electron chi connectivity index (χ0n) is 7.98. The molecular formula is C11H19-. The van der Waals surface area contributed by atoms with Crippen molar-refractivity contribution in [2.24, 2.45) is 11.3 Å². The first-order valence-corrected chi connectivity index (χ1v) is 4.51. The van der Waals surface area contributed by atoms with E-state index in [-0.39, 0.29) is 5.41 Å². The number of rotatable bonds is 1. The highest BCUT2D eigenvalue weighted by Gasteiger charge is 2.19. The summed E-state index contributed by atoms with van der Waals surface area (Å²) in [5.41, 5.74) is 1.82. The lowest BCUT2D eigenvalue weighted by Gasteiger charge is -2.39. The first-order chi connectivity index (χ1) is 5.00. The van der Waals surface area contributed by atoms with E-state index in [9.17, 15) is 0 Å². The summed E-state index contributed by atoms with van der Waals surface area (Å²) in [6, 6.07) is 0. The standard InChI is InChI=1S/C11H19/c1-9-5-7-10(8-6-9)11(2,3)4/h5,10H,2,6-8H2,1,3-4H3/q-1. The van der Waals surface area contributed by atoms with Gasteiger partial charge < -0.3 is 6.92 Å². The van der Waals surface area contributed by atoms with Crippen molar-refractivity contribution in [1.82, 2.24) is 0 Å².